The Balaban J connectivity index is 1.51. The van der Waals surface area contributed by atoms with Gasteiger partial charge in [0.2, 0.25) is 0 Å². The van der Waals surface area contributed by atoms with Gasteiger partial charge < -0.3 is 10.1 Å². The van der Waals surface area contributed by atoms with Crippen LogP contribution in [0.4, 0.5) is 0 Å². The Labute approximate surface area is 162 Å². The highest BCUT2D eigenvalue weighted by atomic mass is 16.5. The van der Waals surface area contributed by atoms with E-state index in [1.54, 1.807) is 0 Å². The molecule has 1 aliphatic carbocycles. The molecule has 0 radical (unpaired) electrons. The van der Waals surface area contributed by atoms with Gasteiger partial charge in [0.1, 0.15) is 12.4 Å². The number of ether oxygens (including phenoxy) is 1. The summed E-state index contributed by atoms with van der Waals surface area (Å²) >= 11 is 0. The molecule has 0 fully saturated rings. The van der Waals surface area contributed by atoms with E-state index in [2.05, 4.69) is 86.8 Å². The molecule has 27 heavy (non-hydrogen) atoms. The molecule has 0 amide bonds. The molecular formula is C25H27NO. The van der Waals surface area contributed by atoms with Gasteiger partial charge in [-0.25, -0.2) is 0 Å². The number of fused-ring (bicyclic) bond motifs is 1. The lowest BCUT2D eigenvalue weighted by atomic mass is 9.75. The second-order valence-electron chi connectivity index (χ2n) is 7.94. The predicted octanol–water partition coefficient (Wildman–Crippen LogP) is 5.82. The van der Waals surface area contributed by atoms with E-state index >= 15 is 0 Å². The predicted molar refractivity (Wildman–Crippen MR) is 112 cm³/mol. The van der Waals surface area contributed by atoms with Crippen molar-refractivity contribution in [3.05, 3.63) is 94.9 Å². The molecule has 4 rings (SSSR count). The maximum atomic E-state index is 6.14. The molecule has 2 aromatic carbocycles. The van der Waals surface area contributed by atoms with Crippen LogP contribution in [0.5, 0.6) is 0 Å². The highest BCUT2D eigenvalue weighted by molar-refractivity contribution is 5.71. The van der Waals surface area contributed by atoms with E-state index in [9.17, 15) is 0 Å². The van der Waals surface area contributed by atoms with Crippen molar-refractivity contribution in [2.45, 2.75) is 33.8 Å². The highest BCUT2D eigenvalue weighted by Crippen LogP contribution is 2.38. The van der Waals surface area contributed by atoms with Crippen molar-refractivity contribution in [3.8, 4) is 11.1 Å². The molecule has 1 N–H and O–H groups in total. The number of hydrogen-bond acceptors (Lipinski definition) is 2. The third-order valence-corrected chi connectivity index (χ3v) is 5.72. The van der Waals surface area contributed by atoms with Gasteiger partial charge in [-0.15, -0.1) is 0 Å². The van der Waals surface area contributed by atoms with E-state index in [0.29, 0.717) is 6.61 Å². The lowest BCUT2D eigenvalue weighted by Crippen LogP contribution is -2.34. The number of aryl methyl sites for hydroxylation is 2. The third kappa shape index (κ3) is 3.57. The SMILES string of the molecule is Cc1cccc(C)c1-c1cccc(COC2=CCC3(C)CNC=CC3=C2)c1. The van der Waals surface area contributed by atoms with Crippen molar-refractivity contribution in [1.29, 1.82) is 0 Å². The molecular weight excluding hydrogens is 330 g/mol. The smallest absolute Gasteiger partial charge is 0.116 e. The lowest BCUT2D eigenvalue weighted by Gasteiger charge is -2.35. The molecule has 0 saturated heterocycles. The Hall–Kier alpha value is -2.74. The standard InChI is InChI=1S/C25H27NO/c1-18-6-4-7-19(2)24(18)21-9-5-8-20(14-21)16-27-23-10-12-25(3)17-26-13-11-22(25)15-23/h4-11,13-15,26H,12,16-17H2,1-3H3. The van der Waals surface area contributed by atoms with Crippen LogP contribution < -0.4 is 5.32 Å². The topological polar surface area (TPSA) is 21.3 Å². The summed E-state index contributed by atoms with van der Waals surface area (Å²) in [4.78, 5) is 0. The summed E-state index contributed by atoms with van der Waals surface area (Å²) in [5.41, 5.74) is 7.94. The molecule has 1 unspecified atom stereocenters. The Morgan fingerprint density at radius 1 is 1.07 bits per heavy atom. The Bertz CT molecular complexity index is 930. The molecule has 2 nitrogen and oxygen atoms in total. The van der Waals surface area contributed by atoms with Crippen LogP contribution in [-0.4, -0.2) is 6.54 Å². The zero-order chi connectivity index (χ0) is 18.9. The van der Waals surface area contributed by atoms with Crippen LogP contribution in [0.25, 0.3) is 11.1 Å². The minimum atomic E-state index is 0.184. The van der Waals surface area contributed by atoms with Gasteiger partial charge in [-0.1, -0.05) is 43.3 Å². The number of rotatable bonds is 4. The summed E-state index contributed by atoms with van der Waals surface area (Å²) in [6.45, 7) is 8.22. The Morgan fingerprint density at radius 3 is 2.67 bits per heavy atom. The first-order valence-corrected chi connectivity index (χ1v) is 9.66. The van der Waals surface area contributed by atoms with Crippen molar-refractivity contribution in [2.75, 3.05) is 6.54 Å². The molecule has 0 spiro atoms. The maximum Gasteiger partial charge on any atom is 0.116 e. The minimum absolute atomic E-state index is 0.184. The van der Waals surface area contributed by atoms with Crippen molar-refractivity contribution in [2.24, 2.45) is 5.41 Å². The fourth-order valence-electron chi connectivity index (χ4n) is 4.04. The normalized spacial score (nSPS) is 21.0. The van der Waals surface area contributed by atoms with Crippen LogP contribution >= 0.6 is 0 Å². The van der Waals surface area contributed by atoms with Crippen LogP contribution in [0.15, 0.2) is 78.2 Å². The van der Waals surface area contributed by atoms with Crippen LogP contribution in [-0.2, 0) is 11.3 Å². The molecule has 0 saturated carbocycles. The summed E-state index contributed by atoms with van der Waals surface area (Å²) in [5, 5.41) is 3.34. The van der Waals surface area contributed by atoms with Gasteiger partial charge in [0.05, 0.1) is 0 Å². The Kier molecular flexibility index (Phi) is 4.65. The van der Waals surface area contributed by atoms with E-state index < -0.39 is 0 Å². The zero-order valence-corrected chi connectivity index (χ0v) is 16.4. The van der Waals surface area contributed by atoms with Crippen molar-refractivity contribution < 1.29 is 4.74 Å². The minimum Gasteiger partial charge on any atom is -0.489 e. The van der Waals surface area contributed by atoms with Gasteiger partial charge in [0.25, 0.3) is 0 Å². The van der Waals surface area contributed by atoms with Crippen LogP contribution in [0, 0.1) is 19.3 Å². The molecule has 0 bridgehead atoms. The first-order chi connectivity index (χ1) is 13.0. The van der Waals surface area contributed by atoms with E-state index in [0.717, 1.165) is 18.7 Å². The highest BCUT2D eigenvalue weighted by Gasteiger charge is 2.31. The first kappa shape index (κ1) is 17.7. The van der Waals surface area contributed by atoms with Crippen LogP contribution in [0.3, 0.4) is 0 Å². The molecule has 0 aromatic heterocycles. The summed E-state index contributed by atoms with van der Waals surface area (Å²) in [5.74, 6) is 0.978. The molecule has 138 valence electrons. The third-order valence-electron chi connectivity index (χ3n) is 5.72. The fourth-order valence-corrected chi connectivity index (χ4v) is 4.04. The fraction of sp³-hybridized carbons (Fsp3) is 0.280. The number of hydrogen-bond donors (Lipinski definition) is 1. The van der Waals surface area contributed by atoms with Gasteiger partial charge in [-0.2, -0.15) is 0 Å². The van der Waals surface area contributed by atoms with E-state index in [-0.39, 0.29) is 5.41 Å². The lowest BCUT2D eigenvalue weighted by molar-refractivity contribution is 0.203. The largest absolute Gasteiger partial charge is 0.489 e. The molecule has 2 aromatic rings. The summed E-state index contributed by atoms with van der Waals surface area (Å²) in [6, 6.07) is 15.2. The average Bonchev–Trinajstić information content (AvgIpc) is 2.66. The zero-order valence-electron chi connectivity index (χ0n) is 16.4. The van der Waals surface area contributed by atoms with Gasteiger partial charge >= 0.3 is 0 Å². The first-order valence-electron chi connectivity index (χ1n) is 9.66. The second kappa shape index (κ2) is 7.11. The van der Waals surface area contributed by atoms with Gasteiger partial charge in [-0.3, -0.25) is 0 Å². The summed E-state index contributed by atoms with van der Waals surface area (Å²) in [7, 11) is 0. The van der Waals surface area contributed by atoms with Gasteiger partial charge in [0, 0.05) is 12.0 Å². The molecule has 1 heterocycles. The van der Waals surface area contributed by atoms with Crippen molar-refractivity contribution >= 4 is 0 Å². The number of allylic oxidation sites excluding steroid dienone is 3. The van der Waals surface area contributed by atoms with Gasteiger partial charge in [-0.05, 0) is 84.2 Å². The second-order valence-corrected chi connectivity index (χ2v) is 7.94. The Morgan fingerprint density at radius 2 is 1.85 bits per heavy atom. The summed E-state index contributed by atoms with van der Waals surface area (Å²) < 4.78 is 6.14. The van der Waals surface area contributed by atoms with E-state index in [4.69, 9.17) is 4.74 Å². The summed E-state index contributed by atoms with van der Waals surface area (Å²) in [6.07, 6.45) is 9.62. The molecule has 1 atom stereocenters. The van der Waals surface area contributed by atoms with Crippen molar-refractivity contribution in [3.63, 3.8) is 0 Å². The number of benzene rings is 2. The monoisotopic (exact) mass is 357 g/mol. The van der Waals surface area contributed by atoms with Crippen LogP contribution in [0.1, 0.15) is 30.0 Å². The maximum absolute atomic E-state index is 6.14. The number of nitrogens with one attached hydrogen (secondary N) is 1. The van der Waals surface area contributed by atoms with E-state index in [1.807, 2.05) is 6.20 Å². The molecule has 2 aliphatic rings. The van der Waals surface area contributed by atoms with Crippen molar-refractivity contribution in [1.82, 2.24) is 5.32 Å². The van der Waals surface area contributed by atoms with Crippen LogP contribution in [0.2, 0.25) is 0 Å². The van der Waals surface area contributed by atoms with Gasteiger partial charge in [0.15, 0.2) is 0 Å². The molecule has 2 heteroatoms. The molecule has 1 aliphatic heterocycles. The van der Waals surface area contributed by atoms with E-state index in [1.165, 1.54) is 33.4 Å². The average molecular weight is 357 g/mol. The quantitative estimate of drug-likeness (QED) is 0.744.